The minimum absolute atomic E-state index is 0.170. The molecule has 2 aromatic carbocycles. The van der Waals surface area contributed by atoms with Gasteiger partial charge in [-0.05, 0) is 55.7 Å². The van der Waals surface area contributed by atoms with Crippen LogP contribution in [0, 0.1) is 13.8 Å². The summed E-state index contributed by atoms with van der Waals surface area (Å²) in [5.41, 5.74) is 9.08. The number of anilines is 1. The number of rotatable bonds is 6. The highest BCUT2D eigenvalue weighted by Crippen LogP contribution is 2.20. The summed E-state index contributed by atoms with van der Waals surface area (Å²) in [6.45, 7) is 5.90. The van der Waals surface area contributed by atoms with Crippen molar-refractivity contribution in [2.45, 2.75) is 38.5 Å². The van der Waals surface area contributed by atoms with Crippen LogP contribution in [0.5, 0.6) is 0 Å². The molecule has 2 rings (SSSR count). The number of carbonyl (C=O) groups excluding carboxylic acids is 1. The van der Waals surface area contributed by atoms with E-state index in [2.05, 4.69) is 16.2 Å². The Morgan fingerprint density at radius 1 is 1.04 bits per heavy atom. The molecule has 0 heterocycles. The Bertz CT molecular complexity index is 955. The number of sulfone groups is 1. The Balaban J connectivity index is 1.85. The molecule has 0 aliphatic carbocycles. The van der Waals surface area contributed by atoms with E-state index in [0.29, 0.717) is 0 Å². The van der Waals surface area contributed by atoms with E-state index in [1.165, 1.54) is 0 Å². The van der Waals surface area contributed by atoms with Gasteiger partial charge in [0.1, 0.15) is 0 Å². The molecule has 0 aliphatic rings. The first-order chi connectivity index (χ1) is 13.2. The quantitative estimate of drug-likeness (QED) is 0.493. The van der Waals surface area contributed by atoms with E-state index in [4.69, 9.17) is 12.2 Å². The molecule has 0 saturated carbocycles. The number of carbonyl (C=O) groups is 1. The summed E-state index contributed by atoms with van der Waals surface area (Å²) in [4.78, 5) is 12.2. The Hall–Kier alpha value is -2.45. The van der Waals surface area contributed by atoms with Crippen LogP contribution in [-0.4, -0.2) is 25.2 Å². The zero-order chi connectivity index (χ0) is 20.7. The Morgan fingerprint density at radius 3 is 2.36 bits per heavy atom. The Kier molecular flexibility index (Phi) is 7.53. The van der Waals surface area contributed by atoms with E-state index in [1.54, 1.807) is 24.3 Å². The van der Waals surface area contributed by atoms with Crippen molar-refractivity contribution in [3.05, 3.63) is 59.2 Å². The number of hydrazine groups is 1. The first kappa shape index (κ1) is 21.8. The molecule has 8 heteroatoms. The molecule has 150 valence electrons. The van der Waals surface area contributed by atoms with Crippen molar-refractivity contribution >= 4 is 38.8 Å². The van der Waals surface area contributed by atoms with Gasteiger partial charge in [-0.2, -0.15) is 0 Å². The maximum Gasteiger partial charge on any atom is 0.239 e. The summed E-state index contributed by atoms with van der Waals surface area (Å²) >= 11 is 5.21. The number of hydrogen-bond acceptors (Lipinski definition) is 4. The first-order valence-electron chi connectivity index (χ1n) is 8.96. The van der Waals surface area contributed by atoms with Crippen molar-refractivity contribution in [1.82, 2.24) is 10.9 Å². The van der Waals surface area contributed by atoms with Crippen LogP contribution in [-0.2, 0) is 21.1 Å². The van der Waals surface area contributed by atoms with E-state index >= 15 is 0 Å². The van der Waals surface area contributed by atoms with Crippen molar-refractivity contribution < 1.29 is 13.2 Å². The minimum atomic E-state index is -3.51. The van der Waals surface area contributed by atoms with Gasteiger partial charge < -0.3 is 5.32 Å². The van der Waals surface area contributed by atoms with Crippen LogP contribution < -0.4 is 16.2 Å². The van der Waals surface area contributed by atoms with E-state index in [9.17, 15) is 13.2 Å². The highest BCUT2D eigenvalue weighted by Gasteiger charge is 2.16. The summed E-state index contributed by atoms with van der Waals surface area (Å²) in [6, 6.07) is 12.5. The highest BCUT2D eigenvalue weighted by atomic mass is 32.2. The normalized spacial score (nSPS) is 11.0. The molecule has 0 bridgehead atoms. The van der Waals surface area contributed by atoms with Gasteiger partial charge in [-0.25, -0.2) is 8.42 Å². The molecule has 0 atom stereocenters. The van der Waals surface area contributed by atoms with Crippen molar-refractivity contribution in [2.75, 3.05) is 11.1 Å². The molecule has 0 spiro atoms. The molecule has 0 aromatic heterocycles. The maximum absolute atomic E-state index is 12.3. The third kappa shape index (κ3) is 6.03. The van der Waals surface area contributed by atoms with Gasteiger partial charge in [-0.15, -0.1) is 0 Å². The molecule has 1 amide bonds. The minimum Gasteiger partial charge on any atom is -0.331 e. The summed E-state index contributed by atoms with van der Waals surface area (Å²) < 4.78 is 24.6. The second kappa shape index (κ2) is 9.66. The monoisotopic (exact) mass is 419 g/mol. The van der Waals surface area contributed by atoms with Gasteiger partial charge in [0, 0.05) is 12.1 Å². The molecule has 3 N–H and O–H groups in total. The number of para-hydroxylation sites is 1. The van der Waals surface area contributed by atoms with Crippen LogP contribution in [0.2, 0.25) is 0 Å². The fraction of sp³-hybridized carbons (Fsp3) is 0.300. The predicted molar refractivity (Wildman–Crippen MR) is 116 cm³/mol. The van der Waals surface area contributed by atoms with E-state index < -0.39 is 15.7 Å². The fourth-order valence-corrected chi connectivity index (χ4v) is 4.02. The summed E-state index contributed by atoms with van der Waals surface area (Å²) in [5.74, 6) is -0.734. The van der Waals surface area contributed by atoms with Gasteiger partial charge in [-0.1, -0.05) is 42.8 Å². The van der Waals surface area contributed by atoms with Gasteiger partial charge >= 0.3 is 0 Å². The molecule has 0 radical (unpaired) electrons. The maximum atomic E-state index is 12.3. The summed E-state index contributed by atoms with van der Waals surface area (Å²) in [7, 11) is -3.51. The third-order valence-electron chi connectivity index (χ3n) is 4.27. The average molecular weight is 420 g/mol. The molecule has 6 nitrogen and oxygen atoms in total. The van der Waals surface area contributed by atoms with Gasteiger partial charge in [-0.3, -0.25) is 15.6 Å². The van der Waals surface area contributed by atoms with Crippen molar-refractivity contribution in [3.8, 4) is 0 Å². The summed E-state index contributed by atoms with van der Waals surface area (Å²) in [6.07, 6.45) is 0.673. The van der Waals surface area contributed by atoms with Gasteiger partial charge in [0.25, 0.3) is 0 Å². The number of thiocarbonyl (C=S) groups is 1. The molecule has 2 aromatic rings. The zero-order valence-corrected chi connectivity index (χ0v) is 17.8. The molecule has 0 saturated heterocycles. The Morgan fingerprint density at radius 2 is 1.71 bits per heavy atom. The van der Waals surface area contributed by atoms with Crippen molar-refractivity contribution in [3.63, 3.8) is 0 Å². The van der Waals surface area contributed by atoms with Crippen LogP contribution in [0.1, 0.15) is 30.0 Å². The number of nitrogens with one attached hydrogen (secondary N) is 3. The second-order valence-corrected chi connectivity index (χ2v) is 8.99. The third-order valence-corrected chi connectivity index (χ3v) is 6.21. The lowest BCUT2D eigenvalue weighted by Crippen LogP contribution is -2.44. The smallest absolute Gasteiger partial charge is 0.239 e. The standard InChI is InChI=1S/C20H25N3O3S2/c1-4-16-7-5-6-15(3)19(16)21-20(27)23-22-18(24)12-13-28(25,26)17-10-8-14(2)9-11-17/h5-11H,4,12-13H2,1-3H3,(H,22,24)(H2,21,23,27). The van der Waals surface area contributed by atoms with E-state index in [1.807, 2.05) is 39.0 Å². The lowest BCUT2D eigenvalue weighted by Gasteiger charge is -2.16. The van der Waals surface area contributed by atoms with Crippen LogP contribution in [0.3, 0.4) is 0 Å². The number of benzene rings is 2. The first-order valence-corrected chi connectivity index (χ1v) is 11.0. The van der Waals surface area contributed by atoms with Gasteiger partial charge in [0.15, 0.2) is 14.9 Å². The lowest BCUT2D eigenvalue weighted by atomic mass is 10.1. The van der Waals surface area contributed by atoms with Crippen LogP contribution >= 0.6 is 12.2 Å². The summed E-state index contributed by atoms with van der Waals surface area (Å²) in [5, 5.41) is 3.31. The van der Waals surface area contributed by atoms with Crippen molar-refractivity contribution in [2.24, 2.45) is 0 Å². The van der Waals surface area contributed by atoms with Crippen LogP contribution in [0.4, 0.5) is 5.69 Å². The van der Waals surface area contributed by atoms with Crippen molar-refractivity contribution in [1.29, 1.82) is 0 Å². The fourth-order valence-electron chi connectivity index (χ4n) is 2.63. The zero-order valence-electron chi connectivity index (χ0n) is 16.2. The number of amides is 1. The number of aryl methyl sites for hydroxylation is 3. The van der Waals surface area contributed by atoms with Gasteiger partial charge in [0.2, 0.25) is 5.91 Å². The van der Waals surface area contributed by atoms with Gasteiger partial charge in [0.05, 0.1) is 10.6 Å². The van der Waals surface area contributed by atoms with Crippen LogP contribution in [0.15, 0.2) is 47.4 Å². The molecule has 0 fully saturated rings. The topological polar surface area (TPSA) is 87.3 Å². The SMILES string of the molecule is CCc1cccc(C)c1NC(=S)NNC(=O)CCS(=O)(=O)c1ccc(C)cc1. The highest BCUT2D eigenvalue weighted by molar-refractivity contribution is 7.91. The molecule has 0 aliphatic heterocycles. The average Bonchev–Trinajstić information content (AvgIpc) is 2.66. The second-order valence-electron chi connectivity index (χ2n) is 6.47. The molecule has 0 unspecified atom stereocenters. The van der Waals surface area contributed by atoms with E-state index in [-0.39, 0.29) is 22.2 Å². The number of hydrogen-bond donors (Lipinski definition) is 3. The molecular formula is C20H25N3O3S2. The Labute approximate surface area is 171 Å². The largest absolute Gasteiger partial charge is 0.331 e. The lowest BCUT2D eigenvalue weighted by molar-refractivity contribution is -0.121. The van der Waals surface area contributed by atoms with E-state index in [0.717, 1.165) is 28.8 Å². The molecule has 28 heavy (non-hydrogen) atoms. The predicted octanol–water partition coefficient (Wildman–Crippen LogP) is 3.05. The van der Waals surface area contributed by atoms with Crippen LogP contribution in [0.25, 0.3) is 0 Å². The molecular weight excluding hydrogens is 394 g/mol.